The number of amides is 1. The SMILES string of the molecule is COc1cc(C2(C(=O)Nc3ccc(-c4ccnc(C(F)(F)F)c4)c(-c4nn[nH]n4)c3)CC2)ccc1F. The lowest BCUT2D eigenvalue weighted by molar-refractivity contribution is -0.141. The zero-order valence-corrected chi connectivity index (χ0v) is 18.7. The highest BCUT2D eigenvalue weighted by molar-refractivity contribution is 6.02. The van der Waals surface area contributed by atoms with Crippen molar-refractivity contribution in [1.82, 2.24) is 25.6 Å². The van der Waals surface area contributed by atoms with Crippen LogP contribution in [-0.4, -0.2) is 38.6 Å². The van der Waals surface area contributed by atoms with Gasteiger partial charge in [-0.1, -0.05) is 12.1 Å². The summed E-state index contributed by atoms with van der Waals surface area (Å²) in [6, 6.07) is 11.4. The van der Waals surface area contributed by atoms with E-state index in [4.69, 9.17) is 4.74 Å². The molecule has 2 aromatic carbocycles. The molecule has 1 amide bonds. The monoisotopic (exact) mass is 498 g/mol. The van der Waals surface area contributed by atoms with Gasteiger partial charge in [-0.05, 0) is 71.1 Å². The molecular weight excluding hydrogens is 480 g/mol. The molecule has 184 valence electrons. The number of nitrogens with one attached hydrogen (secondary N) is 2. The summed E-state index contributed by atoms with van der Waals surface area (Å²) >= 11 is 0. The average molecular weight is 498 g/mol. The Hall–Kier alpha value is -4.35. The van der Waals surface area contributed by atoms with Crippen LogP contribution in [0.1, 0.15) is 24.1 Å². The predicted octanol–water partition coefficient (Wildman–Crippen LogP) is 4.77. The van der Waals surface area contributed by atoms with Gasteiger partial charge < -0.3 is 10.1 Å². The molecule has 0 aliphatic heterocycles. The predicted molar refractivity (Wildman–Crippen MR) is 120 cm³/mol. The van der Waals surface area contributed by atoms with Gasteiger partial charge in [-0.15, -0.1) is 10.2 Å². The van der Waals surface area contributed by atoms with Crippen molar-refractivity contribution in [2.24, 2.45) is 0 Å². The zero-order chi connectivity index (χ0) is 25.5. The highest BCUT2D eigenvalue weighted by atomic mass is 19.4. The molecule has 12 heteroatoms. The van der Waals surface area contributed by atoms with Gasteiger partial charge in [-0.25, -0.2) is 4.39 Å². The Morgan fingerprint density at radius 1 is 1.08 bits per heavy atom. The van der Waals surface area contributed by atoms with Crippen molar-refractivity contribution in [3.8, 4) is 28.3 Å². The third kappa shape index (κ3) is 4.25. The molecule has 4 aromatic rings. The second kappa shape index (κ2) is 8.70. The van der Waals surface area contributed by atoms with E-state index in [1.807, 2.05) is 0 Å². The Morgan fingerprint density at radius 2 is 1.89 bits per heavy atom. The van der Waals surface area contributed by atoms with Crippen molar-refractivity contribution in [2.45, 2.75) is 24.4 Å². The number of carbonyl (C=O) groups is 1. The summed E-state index contributed by atoms with van der Waals surface area (Å²) in [6.07, 6.45) is -2.40. The number of nitrogens with zero attached hydrogens (tertiary/aromatic N) is 4. The lowest BCUT2D eigenvalue weighted by Gasteiger charge is -2.18. The summed E-state index contributed by atoms with van der Waals surface area (Å²) in [5.74, 6) is -0.643. The molecule has 0 unspecified atom stereocenters. The molecule has 5 rings (SSSR count). The third-order valence-electron chi connectivity index (χ3n) is 6.11. The van der Waals surface area contributed by atoms with Crippen molar-refractivity contribution in [1.29, 1.82) is 0 Å². The number of H-pyrrole nitrogens is 1. The Kier molecular flexibility index (Phi) is 5.65. The molecule has 1 saturated carbocycles. The summed E-state index contributed by atoms with van der Waals surface area (Å²) in [5, 5.41) is 16.6. The number of hydrogen-bond donors (Lipinski definition) is 2. The first-order chi connectivity index (χ1) is 17.2. The summed E-state index contributed by atoms with van der Waals surface area (Å²) in [4.78, 5) is 16.7. The van der Waals surface area contributed by atoms with Crippen LogP contribution in [0.5, 0.6) is 5.75 Å². The lowest BCUT2D eigenvalue weighted by atomic mass is 9.94. The molecule has 1 aliphatic carbocycles. The van der Waals surface area contributed by atoms with Crippen molar-refractivity contribution in [3.05, 3.63) is 71.8 Å². The second-order valence-electron chi connectivity index (χ2n) is 8.31. The van der Waals surface area contributed by atoms with E-state index in [2.05, 4.69) is 30.9 Å². The first kappa shape index (κ1) is 23.4. The minimum atomic E-state index is -4.61. The second-order valence-corrected chi connectivity index (χ2v) is 8.31. The number of benzene rings is 2. The summed E-state index contributed by atoms with van der Waals surface area (Å²) in [7, 11) is 1.35. The molecule has 0 saturated heterocycles. The van der Waals surface area contributed by atoms with Crippen molar-refractivity contribution >= 4 is 11.6 Å². The fraction of sp³-hybridized carbons (Fsp3) is 0.208. The van der Waals surface area contributed by atoms with Crippen LogP contribution in [0.3, 0.4) is 0 Å². The molecule has 2 aromatic heterocycles. The number of pyridine rings is 1. The first-order valence-corrected chi connectivity index (χ1v) is 10.8. The van der Waals surface area contributed by atoms with Crippen LogP contribution in [0.4, 0.5) is 23.2 Å². The quantitative estimate of drug-likeness (QED) is 0.371. The van der Waals surface area contributed by atoms with E-state index in [0.29, 0.717) is 35.2 Å². The summed E-state index contributed by atoms with van der Waals surface area (Å²) < 4.78 is 58.5. The fourth-order valence-corrected chi connectivity index (χ4v) is 4.07. The maximum atomic E-state index is 13.9. The van der Waals surface area contributed by atoms with E-state index >= 15 is 0 Å². The Bertz CT molecular complexity index is 1440. The number of methoxy groups -OCH3 is 1. The summed E-state index contributed by atoms with van der Waals surface area (Å²) in [5.41, 5.74) is 0.132. The first-order valence-electron chi connectivity index (χ1n) is 10.8. The molecule has 36 heavy (non-hydrogen) atoms. The van der Waals surface area contributed by atoms with Gasteiger partial charge in [-0.2, -0.15) is 18.4 Å². The third-order valence-corrected chi connectivity index (χ3v) is 6.11. The normalized spacial score (nSPS) is 14.4. The van der Waals surface area contributed by atoms with Crippen LogP contribution in [0, 0.1) is 5.82 Å². The number of ether oxygens (including phenoxy) is 1. The molecule has 2 heterocycles. The van der Waals surface area contributed by atoms with Crippen LogP contribution in [0.15, 0.2) is 54.7 Å². The number of alkyl halides is 3. The molecule has 0 atom stereocenters. The van der Waals surface area contributed by atoms with Crippen LogP contribution in [0.2, 0.25) is 0 Å². The smallest absolute Gasteiger partial charge is 0.433 e. The highest BCUT2D eigenvalue weighted by Gasteiger charge is 2.51. The van der Waals surface area contributed by atoms with Gasteiger partial charge in [0.25, 0.3) is 0 Å². The maximum absolute atomic E-state index is 13.9. The Balaban J connectivity index is 1.49. The van der Waals surface area contributed by atoms with E-state index in [1.165, 1.54) is 25.3 Å². The Labute approximate surface area is 201 Å². The van der Waals surface area contributed by atoms with Gasteiger partial charge in [0, 0.05) is 17.4 Å². The highest BCUT2D eigenvalue weighted by Crippen LogP contribution is 2.50. The van der Waals surface area contributed by atoms with Gasteiger partial charge in [-0.3, -0.25) is 9.78 Å². The van der Waals surface area contributed by atoms with Crippen molar-refractivity contribution < 1.29 is 27.1 Å². The van der Waals surface area contributed by atoms with Gasteiger partial charge in [0.1, 0.15) is 5.69 Å². The molecule has 0 spiro atoms. The van der Waals surface area contributed by atoms with E-state index < -0.39 is 23.1 Å². The van der Waals surface area contributed by atoms with E-state index in [1.54, 1.807) is 24.3 Å². The molecule has 8 nitrogen and oxygen atoms in total. The van der Waals surface area contributed by atoms with Crippen molar-refractivity contribution in [2.75, 3.05) is 12.4 Å². The largest absolute Gasteiger partial charge is 0.494 e. The van der Waals surface area contributed by atoms with Gasteiger partial charge in [0.05, 0.1) is 12.5 Å². The maximum Gasteiger partial charge on any atom is 0.433 e. The summed E-state index contributed by atoms with van der Waals surface area (Å²) in [6.45, 7) is 0. The standard InChI is InChI=1S/C24H18F4N6O2/c1-36-19-11-14(2-5-18(19)25)23(7-8-23)22(35)30-15-3-4-16(17(12-15)21-31-33-34-32-21)13-6-9-29-20(10-13)24(26,27)28/h2-6,9-12H,7-8H2,1H3,(H,30,35)(H,31,32,33,34). The number of carbonyl (C=O) groups excluding carboxylic acids is 1. The number of halogens is 4. The number of aromatic nitrogens is 5. The number of aromatic amines is 1. The topological polar surface area (TPSA) is 106 Å². The average Bonchev–Trinajstić information content (AvgIpc) is 3.50. The van der Waals surface area contributed by atoms with E-state index in [-0.39, 0.29) is 23.0 Å². The number of rotatable bonds is 6. The van der Waals surface area contributed by atoms with Gasteiger partial charge >= 0.3 is 6.18 Å². The Morgan fingerprint density at radius 3 is 2.56 bits per heavy atom. The molecule has 0 bridgehead atoms. The number of hydrogen-bond acceptors (Lipinski definition) is 6. The van der Waals surface area contributed by atoms with E-state index in [0.717, 1.165) is 12.3 Å². The molecule has 1 aliphatic rings. The van der Waals surface area contributed by atoms with Crippen molar-refractivity contribution in [3.63, 3.8) is 0 Å². The molecular formula is C24H18F4N6O2. The van der Waals surface area contributed by atoms with Crippen LogP contribution < -0.4 is 10.1 Å². The van der Waals surface area contributed by atoms with Gasteiger partial charge in [0.2, 0.25) is 11.7 Å². The number of anilines is 1. The molecule has 2 N–H and O–H groups in total. The van der Waals surface area contributed by atoms with Crippen LogP contribution >= 0.6 is 0 Å². The minimum Gasteiger partial charge on any atom is -0.494 e. The molecule has 1 fully saturated rings. The molecule has 0 radical (unpaired) electrons. The van der Waals surface area contributed by atoms with Gasteiger partial charge in [0.15, 0.2) is 11.6 Å². The lowest BCUT2D eigenvalue weighted by Crippen LogP contribution is -2.28. The minimum absolute atomic E-state index is 0.0471. The fourth-order valence-electron chi connectivity index (χ4n) is 4.07. The van der Waals surface area contributed by atoms with Crippen LogP contribution in [0.25, 0.3) is 22.5 Å². The van der Waals surface area contributed by atoms with E-state index in [9.17, 15) is 22.4 Å². The zero-order valence-electron chi connectivity index (χ0n) is 18.7. The number of tetrazole rings is 1. The van der Waals surface area contributed by atoms with Crippen LogP contribution in [-0.2, 0) is 16.4 Å².